The predicted octanol–water partition coefficient (Wildman–Crippen LogP) is 4.16. The van der Waals surface area contributed by atoms with E-state index in [9.17, 15) is 9.90 Å². The number of phenolic OH excluding ortho intramolecular Hbond substituents is 1. The number of hydrogen-bond acceptors (Lipinski definition) is 4. The van der Waals surface area contributed by atoms with E-state index in [1.165, 1.54) is 4.90 Å². The maximum Gasteiger partial charge on any atom is 0.281 e. The van der Waals surface area contributed by atoms with Gasteiger partial charge in [-0.2, -0.15) is 0 Å². The maximum atomic E-state index is 13.0. The topological polar surface area (TPSA) is 53.0 Å². The van der Waals surface area contributed by atoms with Crippen molar-refractivity contribution in [2.75, 3.05) is 18.6 Å². The van der Waals surface area contributed by atoms with Gasteiger partial charge in [-0.1, -0.05) is 34.1 Å². The highest BCUT2D eigenvalue weighted by molar-refractivity contribution is 9.10. The summed E-state index contributed by atoms with van der Waals surface area (Å²) in [7, 11) is 1.76. The molecule has 0 atom stereocenters. The van der Waals surface area contributed by atoms with Gasteiger partial charge in [0.15, 0.2) is 16.6 Å². The van der Waals surface area contributed by atoms with Crippen LogP contribution in [0.3, 0.4) is 0 Å². The van der Waals surface area contributed by atoms with Crippen LogP contribution in [0, 0.1) is 0 Å². The summed E-state index contributed by atoms with van der Waals surface area (Å²) in [4.78, 5) is 16.1. The molecule has 1 aliphatic rings. The van der Waals surface area contributed by atoms with Crippen molar-refractivity contribution in [3.05, 3.63) is 58.2 Å². The number of carbonyl (C=O) groups is 1. The molecule has 0 bridgehead atoms. The number of benzene rings is 2. The number of anilines is 1. The van der Waals surface area contributed by atoms with E-state index >= 15 is 0 Å². The summed E-state index contributed by atoms with van der Waals surface area (Å²) in [5, 5.41) is 10.4. The van der Waals surface area contributed by atoms with Gasteiger partial charge in [-0.05, 0) is 55.0 Å². The summed E-state index contributed by atoms with van der Waals surface area (Å²) in [5.74, 6) is 0.188. The van der Waals surface area contributed by atoms with Gasteiger partial charge < -0.3 is 14.7 Å². The molecule has 2 aromatic rings. The first-order chi connectivity index (χ1) is 12.4. The molecule has 1 aliphatic heterocycles. The fraction of sp³-hybridized carbons (Fsp3) is 0.158. The van der Waals surface area contributed by atoms with E-state index in [1.807, 2.05) is 37.3 Å². The Hall–Kier alpha value is -2.38. The van der Waals surface area contributed by atoms with E-state index < -0.39 is 0 Å². The smallest absolute Gasteiger partial charge is 0.281 e. The minimum atomic E-state index is -0.207. The maximum absolute atomic E-state index is 13.0. The number of rotatable bonds is 4. The molecule has 1 saturated heterocycles. The first-order valence-electron chi connectivity index (χ1n) is 7.98. The summed E-state index contributed by atoms with van der Waals surface area (Å²) in [6.45, 7) is 2.26. The number of para-hydroxylation sites is 1. The fourth-order valence-electron chi connectivity index (χ4n) is 2.65. The average Bonchev–Trinajstić information content (AvgIpc) is 2.83. The van der Waals surface area contributed by atoms with E-state index in [0.29, 0.717) is 33.2 Å². The Bertz CT molecular complexity index is 899. The molecule has 0 spiro atoms. The number of carbonyl (C=O) groups excluding carboxylic acids is 1. The van der Waals surface area contributed by atoms with Crippen LogP contribution in [0.4, 0.5) is 5.69 Å². The lowest BCUT2D eigenvalue weighted by molar-refractivity contribution is -0.114. The summed E-state index contributed by atoms with van der Waals surface area (Å²) in [6, 6.07) is 12.5. The molecule has 0 radical (unpaired) electrons. The van der Waals surface area contributed by atoms with Crippen LogP contribution in [-0.4, -0.2) is 34.7 Å². The van der Waals surface area contributed by atoms with Gasteiger partial charge in [0.1, 0.15) is 5.70 Å². The van der Waals surface area contributed by atoms with Gasteiger partial charge >= 0.3 is 0 Å². The lowest BCUT2D eigenvalue weighted by atomic mass is 10.1. The van der Waals surface area contributed by atoms with Crippen molar-refractivity contribution in [3.63, 3.8) is 0 Å². The van der Waals surface area contributed by atoms with Crippen molar-refractivity contribution < 1.29 is 14.6 Å². The van der Waals surface area contributed by atoms with E-state index in [4.69, 9.17) is 17.0 Å². The van der Waals surface area contributed by atoms with Crippen LogP contribution in [0.2, 0.25) is 0 Å². The molecule has 1 N–H and O–H groups in total. The molecule has 5 nitrogen and oxygen atoms in total. The van der Waals surface area contributed by atoms with Gasteiger partial charge in [-0.25, -0.2) is 0 Å². The monoisotopic (exact) mass is 432 g/mol. The molecule has 7 heteroatoms. The quantitative estimate of drug-likeness (QED) is 0.580. The molecule has 0 aromatic heterocycles. The Morgan fingerprint density at radius 3 is 2.62 bits per heavy atom. The zero-order valence-electron chi connectivity index (χ0n) is 14.3. The molecule has 0 aliphatic carbocycles. The SMILES string of the molecule is CCOc1cc(/C=C2/C(=O)N(c3ccccc3)C(=S)N2C)c(Br)cc1O. The molecule has 134 valence electrons. The molecular formula is C19H17BrN2O3S. The lowest BCUT2D eigenvalue weighted by Crippen LogP contribution is -2.30. The van der Waals surface area contributed by atoms with E-state index in [1.54, 1.807) is 30.2 Å². The van der Waals surface area contributed by atoms with Crippen LogP contribution in [-0.2, 0) is 4.79 Å². The second-order valence-electron chi connectivity index (χ2n) is 5.62. The number of thiocarbonyl (C=S) groups is 1. The number of amides is 1. The number of nitrogens with zero attached hydrogens (tertiary/aromatic N) is 2. The molecule has 0 unspecified atom stereocenters. The minimum Gasteiger partial charge on any atom is -0.504 e. The highest BCUT2D eigenvalue weighted by Crippen LogP contribution is 2.35. The van der Waals surface area contributed by atoms with E-state index in [2.05, 4.69) is 15.9 Å². The number of phenols is 1. The van der Waals surface area contributed by atoms with E-state index in [0.717, 1.165) is 5.69 Å². The largest absolute Gasteiger partial charge is 0.504 e. The molecule has 0 saturated carbocycles. The van der Waals surface area contributed by atoms with Crippen molar-refractivity contribution in [2.24, 2.45) is 0 Å². The molecule has 3 rings (SSSR count). The molecule has 1 amide bonds. The van der Waals surface area contributed by atoms with Crippen LogP contribution in [0.5, 0.6) is 11.5 Å². The van der Waals surface area contributed by atoms with E-state index in [-0.39, 0.29) is 11.7 Å². The number of ether oxygens (including phenoxy) is 1. The van der Waals surface area contributed by atoms with Gasteiger partial charge in [-0.3, -0.25) is 9.69 Å². The minimum absolute atomic E-state index is 0.0356. The van der Waals surface area contributed by atoms with Gasteiger partial charge in [0.25, 0.3) is 5.91 Å². The van der Waals surface area contributed by atoms with Crippen molar-refractivity contribution in [1.82, 2.24) is 4.90 Å². The molecule has 26 heavy (non-hydrogen) atoms. The summed E-state index contributed by atoms with van der Waals surface area (Å²) >= 11 is 8.87. The third-order valence-electron chi connectivity index (χ3n) is 3.95. The Kier molecular flexibility index (Phi) is 5.29. The fourth-order valence-corrected chi connectivity index (χ4v) is 3.38. The number of halogens is 1. The van der Waals surface area contributed by atoms with Crippen LogP contribution >= 0.6 is 28.1 Å². The van der Waals surface area contributed by atoms with Crippen LogP contribution in [0.25, 0.3) is 6.08 Å². The normalized spacial score (nSPS) is 15.9. The standard InChI is InChI=1S/C19H17BrN2O3S/c1-3-25-17-10-12(14(20)11-16(17)23)9-15-18(24)22(19(26)21(15)2)13-7-5-4-6-8-13/h4-11,23H,3H2,1-2H3/b15-9-. The summed E-state index contributed by atoms with van der Waals surface area (Å²) in [5.41, 5.74) is 1.87. The highest BCUT2D eigenvalue weighted by Gasteiger charge is 2.36. The molecular weight excluding hydrogens is 416 g/mol. The van der Waals surface area contributed by atoms with Gasteiger partial charge in [0.05, 0.1) is 12.3 Å². The Morgan fingerprint density at radius 2 is 1.96 bits per heavy atom. The van der Waals surface area contributed by atoms with Crippen molar-refractivity contribution in [3.8, 4) is 11.5 Å². The third-order valence-corrected chi connectivity index (χ3v) is 5.09. The first-order valence-corrected chi connectivity index (χ1v) is 9.18. The molecule has 2 aromatic carbocycles. The number of hydrogen-bond donors (Lipinski definition) is 1. The molecule has 1 fully saturated rings. The Labute approximate surface area is 165 Å². The molecule has 1 heterocycles. The average molecular weight is 433 g/mol. The number of aromatic hydroxyl groups is 1. The first kappa shape index (κ1) is 18.4. The van der Waals surface area contributed by atoms with Crippen molar-refractivity contribution >= 4 is 50.9 Å². The van der Waals surface area contributed by atoms with Crippen molar-refractivity contribution in [1.29, 1.82) is 0 Å². The van der Waals surface area contributed by atoms with Crippen molar-refractivity contribution in [2.45, 2.75) is 6.92 Å². The third kappa shape index (κ3) is 3.32. The zero-order valence-corrected chi connectivity index (χ0v) is 16.7. The van der Waals surface area contributed by atoms with Crippen LogP contribution < -0.4 is 9.64 Å². The highest BCUT2D eigenvalue weighted by atomic mass is 79.9. The second kappa shape index (κ2) is 7.47. The summed E-state index contributed by atoms with van der Waals surface area (Å²) < 4.78 is 6.08. The van der Waals surface area contributed by atoms with Gasteiger partial charge in [0, 0.05) is 11.5 Å². The Morgan fingerprint density at radius 1 is 1.27 bits per heavy atom. The predicted molar refractivity (Wildman–Crippen MR) is 109 cm³/mol. The van der Waals surface area contributed by atoms with Gasteiger partial charge in [-0.15, -0.1) is 0 Å². The Balaban J connectivity index is 2.03. The van der Waals surface area contributed by atoms with Crippen LogP contribution in [0.1, 0.15) is 12.5 Å². The zero-order chi connectivity index (χ0) is 18.8. The second-order valence-corrected chi connectivity index (χ2v) is 6.84. The lowest BCUT2D eigenvalue weighted by Gasteiger charge is -2.16. The van der Waals surface area contributed by atoms with Gasteiger partial charge in [0.2, 0.25) is 0 Å². The number of likely N-dealkylation sites (N-methyl/N-ethyl adjacent to an activating group) is 1. The van der Waals surface area contributed by atoms with Crippen LogP contribution in [0.15, 0.2) is 52.6 Å². The summed E-state index contributed by atoms with van der Waals surface area (Å²) in [6.07, 6.45) is 1.73.